The fourth-order valence-corrected chi connectivity index (χ4v) is 3.52. The van der Waals surface area contributed by atoms with Gasteiger partial charge in [0, 0.05) is 11.8 Å². The van der Waals surface area contributed by atoms with Gasteiger partial charge >= 0.3 is 11.9 Å². The topological polar surface area (TPSA) is 52.6 Å². The van der Waals surface area contributed by atoms with Crippen molar-refractivity contribution in [3.63, 3.8) is 0 Å². The molecule has 2 bridgehead atoms. The lowest BCUT2D eigenvalue weighted by atomic mass is 9.86. The average molecular weight is 284 g/mol. The first-order valence-electron chi connectivity index (χ1n) is 6.85. The summed E-state index contributed by atoms with van der Waals surface area (Å²) in [7, 11) is 0. The highest BCUT2D eigenvalue weighted by molar-refractivity contribution is 5.80. The maximum Gasteiger partial charge on any atom is 0.313 e. The van der Waals surface area contributed by atoms with E-state index in [2.05, 4.69) is 0 Å². The summed E-state index contributed by atoms with van der Waals surface area (Å²) >= 11 is 0. The van der Waals surface area contributed by atoms with E-state index in [1.165, 1.54) is 0 Å². The number of hydrogen-bond donors (Lipinski definition) is 0. The van der Waals surface area contributed by atoms with Crippen molar-refractivity contribution in [2.24, 2.45) is 23.2 Å². The largest absolute Gasteiger partial charge is 0.462 e. The second-order valence-corrected chi connectivity index (χ2v) is 6.50. The predicted molar refractivity (Wildman–Crippen MR) is 77.0 cm³/mol. The SMILES string of the molecule is C.C.CCC(C)(C)C(=O)OC1C2CC3OC(=O)C1C3C2. The number of rotatable bonds is 3. The molecular weight excluding hydrogens is 256 g/mol. The van der Waals surface area contributed by atoms with Crippen LogP contribution in [0.3, 0.4) is 0 Å². The van der Waals surface area contributed by atoms with Crippen LogP contribution in [0.15, 0.2) is 0 Å². The Labute approximate surface area is 122 Å². The molecule has 3 fully saturated rings. The number of carbonyl (C=O) groups is 2. The number of esters is 2. The zero-order valence-corrected chi connectivity index (χ0v) is 11.1. The highest BCUT2D eigenvalue weighted by Gasteiger charge is 2.63. The van der Waals surface area contributed by atoms with Gasteiger partial charge in [-0.25, -0.2) is 0 Å². The van der Waals surface area contributed by atoms with E-state index in [9.17, 15) is 9.59 Å². The van der Waals surface area contributed by atoms with Crippen molar-refractivity contribution < 1.29 is 19.1 Å². The lowest BCUT2D eigenvalue weighted by Crippen LogP contribution is -2.38. The molecular formula is C16H28O4. The van der Waals surface area contributed by atoms with Crippen molar-refractivity contribution in [2.45, 2.75) is 67.1 Å². The summed E-state index contributed by atoms with van der Waals surface area (Å²) in [4.78, 5) is 23.9. The zero-order valence-electron chi connectivity index (χ0n) is 11.1. The molecule has 5 unspecified atom stereocenters. The van der Waals surface area contributed by atoms with Gasteiger partial charge in [-0.05, 0) is 33.1 Å². The lowest BCUT2D eigenvalue weighted by Gasteiger charge is -2.29. The molecule has 3 aliphatic rings. The molecule has 0 aromatic rings. The third-order valence-corrected chi connectivity index (χ3v) is 5.09. The smallest absolute Gasteiger partial charge is 0.313 e. The average Bonchev–Trinajstić information content (AvgIpc) is 2.90. The Bertz CT molecular complexity index is 399. The Morgan fingerprint density at radius 3 is 2.60 bits per heavy atom. The van der Waals surface area contributed by atoms with E-state index in [1.54, 1.807) is 0 Å². The molecule has 2 aliphatic carbocycles. The number of carbonyl (C=O) groups excluding carboxylic acids is 2. The summed E-state index contributed by atoms with van der Waals surface area (Å²) in [6.07, 6.45) is 2.45. The van der Waals surface area contributed by atoms with Gasteiger partial charge in [0.1, 0.15) is 18.1 Å². The van der Waals surface area contributed by atoms with Gasteiger partial charge in [-0.3, -0.25) is 9.59 Å². The monoisotopic (exact) mass is 284 g/mol. The fourth-order valence-electron chi connectivity index (χ4n) is 3.52. The Kier molecular flexibility index (Phi) is 4.57. The molecule has 2 saturated carbocycles. The van der Waals surface area contributed by atoms with E-state index in [-0.39, 0.29) is 44.9 Å². The molecule has 1 saturated heterocycles. The molecule has 0 N–H and O–H groups in total. The number of fused-ring (bicyclic) bond motifs is 1. The Hall–Kier alpha value is -1.06. The van der Waals surface area contributed by atoms with Crippen LogP contribution < -0.4 is 0 Å². The molecule has 0 radical (unpaired) electrons. The van der Waals surface area contributed by atoms with Gasteiger partial charge in [-0.2, -0.15) is 0 Å². The summed E-state index contributed by atoms with van der Waals surface area (Å²) in [6.45, 7) is 5.75. The van der Waals surface area contributed by atoms with Gasteiger partial charge in [0.15, 0.2) is 0 Å². The second-order valence-electron chi connectivity index (χ2n) is 6.50. The van der Waals surface area contributed by atoms with Gasteiger partial charge in [0.25, 0.3) is 0 Å². The molecule has 1 aliphatic heterocycles. The van der Waals surface area contributed by atoms with E-state index < -0.39 is 5.41 Å². The van der Waals surface area contributed by atoms with E-state index in [4.69, 9.17) is 9.47 Å². The summed E-state index contributed by atoms with van der Waals surface area (Å²) in [5.41, 5.74) is -0.469. The van der Waals surface area contributed by atoms with Crippen LogP contribution in [0, 0.1) is 23.2 Å². The van der Waals surface area contributed by atoms with E-state index in [0.29, 0.717) is 11.8 Å². The first-order valence-corrected chi connectivity index (χ1v) is 6.85. The molecule has 5 atom stereocenters. The molecule has 4 heteroatoms. The van der Waals surface area contributed by atoms with Crippen molar-refractivity contribution in [1.29, 1.82) is 0 Å². The van der Waals surface area contributed by atoms with Gasteiger partial charge in [0.05, 0.1) is 5.41 Å². The van der Waals surface area contributed by atoms with Crippen LogP contribution in [0.25, 0.3) is 0 Å². The van der Waals surface area contributed by atoms with Crippen LogP contribution in [-0.2, 0) is 19.1 Å². The second kappa shape index (κ2) is 5.38. The highest BCUT2D eigenvalue weighted by Crippen LogP contribution is 2.55. The maximum atomic E-state index is 12.1. The first kappa shape index (κ1) is 17.0. The molecule has 0 amide bonds. The van der Waals surface area contributed by atoms with Crippen molar-refractivity contribution in [3.05, 3.63) is 0 Å². The minimum Gasteiger partial charge on any atom is -0.462 e. The van der Waals surface area contributed by atoms with Crippen LogP contribution in [0.5, 0.6) is 0 Å². The third kappa shape index (κ3) is 2.23. The van der Waals surface area contributed by atoms with Gasteiger partial charge in [-0.1, -0.05) is 21.8 Å². The van der Waals surface area contributed by atoms with E-state index in [0.717, 1.165) is 19.3 Å². The fraction of sp³-hybridized carbons (Fsp3) is 0.875. The maximum absolute atomic E-state index is 12.1. The van der Waals surface area contributed by atoms with Gasteiger partial charge in [0.2, 0.25) is 0 Å². The summed E-state index contributed by atoms with van der Waals surface area (Å²) < 4.78 is 11.0. The van der Waals surface area contributed by atoms with Crippen LogP contribution in [0.1, 0.15) is 54.9 Å². The van der Waals surface area contributed by atoms with E-state index >= 15 is 0 Å². The zero-order chi connectivity index (χ0) is 13.1. The standard InChI is InChI=1S/C14H20O4.2CH4/c1-4-14(2,3)13(16)18-11-7-5-8-9(6-7)17-12(15)10(8)11;;/h7-11H,4-6H2,1-3H3;2*1H4. The summed E-state index contributed by atoms with van der Waals surface area (Å²) in [6, 6.07) is 0. The Morgan fingerprint density at radius 1 is 1.35 bits per heavy atom. The van der Waals surface area contributed by atoms with Gasteiger partial charge < -0.3 is 9.47 Å². The predicted octanol–water partition coefficient (Wildman–Crippen LogP) is 3.19. The summed E-state index contributed by atoms with van der Waals surface area (Å²) in [5.74, 6) is 0.0966. The van der Waals surface area contributed by atoms with Crippen LogP contribution in [-0.4, -0.2) is 24.1 Å². The number of ether oxygens (including phenoxy) is 2. The molecule has 0 aromatic heterocycles. The Morgan fingerprint density at radius 2 is 2.00 bits per heavy atom. The lowest BCUT2D eigenvalue weighted by molar-refractivity contribution is -0.166. The van der Waals surface area contributed by atoms with Crippen molar-refractivity contribution in [3.8, 4) is 0 Å². The molecule has 0 spiro atoms. The Balaban J connectivity index is 0.000001000. The van der Waals surface area contributed by atoms with Crippen molar-refractivity contribution in [2.75, 3.05) is 0 Å². The molecule has 20 heavy (non-hydrogen) atoms. The van der Waals surface area contributed by atoms with Gasteiger partial charge in [-0.15, -0.1) is 0 Å². The highest BCUT2D eigenvalue weighted by atomic mass is 16.6. The third-order valence-electron chi connectivity index (χ3n) is 5.09. The molecule has 3 rings (SSSR count). The number of hydrogen-bond acceptors (Lipinski definition) is 4. The van der Waals surface area contributed by atoms with Crippen molar-refractivity contribution >= 4 is 11.9 Å². The quantitative estimate of drug-likeness (QED) is 0.747. The van der Waals surface area contributed by atoms with Crippen molar-refractivity contribution in [1.82, 2.24) is 0 Å². The van der Waals surface area contributed by atoms with Crippen LogP contribution >= 0.6 is 0 Å². The normalized spacial score (nSPS) is 37.0. The first-order chi connectivity index (χ1) is 8.44. The molecule has 1 heterocycles. The molecule has 116 valence electrons. The summed E-state index contributed by atoms with van der Waals surface area (Å²) in [5, 5.41) is 0. The molecule has 4 nitrogen and oxygen atoms in total. The minimum absolute atomic E-state index is 0. The molecule has 0 aromatic carbocycles. The minimum atomic E-state index is -0.469. The van der Waals surface area contributed by atoms with Crippen LogP contribution in [0.2, 0.25) is 0 Å². The van der Waals surface area contributed by atoms with E-state index in [1.807, 2.05) is 20.8 Å². The van der Waals surface area contributed by atoms with Crippen LogP contribution in [0.4, 0.5) is 0 Å².